The standard InChI is InChI=1S/C18H24N6O/c1-13-6-14(2)9-23(8-13)18(25)15-10-22(11-15)16-7-17(20-12-19-16)24-5-3-4-21-24/h3-5,7,12-15H,6,8-11H2,1-2H3. The molecule has 4 rings (SSSR count). The SMILES string of the molecule is CC1CC(C)CN(C(=O)C2CN(c3cc(-n4cccn4)ncn3)C2)C1. The maximum absolute atomic E-state index is 12.8. The Morgan fingerprint density at radius 1 is 1.08 bits per heavy atom. The second-order valence-electron chi connectivity index (χ2n) is 7.48. The molecule has 7 nitrogen and oxygen atoms in total. The van der Waals surface area contributed by atoms with Crippen molar-refractivity contribution >= 4 is 11.7 Å². The number of piperidine rings is 1. The Bertz CT molecular complexity index is 730. The fourth-order valence-electron chi connectivity index (χ4n) is 3.96. The summed E-state index contributed by atoms with van der Waals surface area (Å²) in [5, 5.41) is 4.20. The Kier molecular flexibility index (Phi) is 4.15. The fourth-order valence-corrected chi connectivity index (χ4v) is 3.96. The third-order valence-electron chi connectivity index (χ3n) is 5.11. The Morgan fingerprint density at radius 2 is 1.80 bits per heavy atom. The van der Waals surface area contributed by atoms with Gasteiger partial charge in [-0.15, -0.1) is 0 Å². The van der Waals surface area contributed by atoms with Crippen molar-refractivity contribution in [1.29, 1.82) is 0 Å². The summed E-state index contributed by atoms with van der Waals surface area (Å²) in [5.41, 5.74) is 0. The molecule has 0 N–H and O–H groups in total. The first-order valence-corrected chi connectivity index (χ1v) is 8.96. The number of carbonyl (C=O) groups is 1. The Labute approximate surface area is 147 Å². The fraction of sp³-hybridized carbons (Fsp3) is 0.556. The van der Waals surface area contributed by atoms with E-state index in [0.717, 1.165) is 37.8 Å². The molecular formula is C18H24N6O. The van der Waals surface area contributed by atoms with Gasteiger partial charge in [0, 0.05) is 44.6 Å². The monoisotopic (exact) mass is 340 g/mol. The summed E-state index contributed by atoms with van der Waals surface area (Å²) in [4.78, 5) is 25.6. The smallest absolute Gasteiger partial charge is 0.229 e. The van der Waals surface area contributed by atoms with Crippen LogP contribution in [0.2, 0.25) is 0 Å². The lowest BCUT2D eigenvalue weighted by atomic mass is 9.89. The lowest BCUT2D eigenvalue weighted by Gasteiger charge is -2.43. The molecule has 0 saturated carbocycles. The van der Waals surface area contributed by atoms with Crippen molar-refractivity contribution in [2.24, 2.45) is 17.8 Å². The van der Waals surface area contributed by atoms with Gasteiger partial charge in [-0.05, 0) is 24.3 Å². The third kappa shape index (κ3) is 3.23. The summed E-state index contributed by atoms with van der Waals surface area (Å²) < 4.78 is 1.71. The highest BCUT2D eigenvalue weighted by Gasteiger charge is 2.38. The van der Waals surface area contributed by atoms with E-state index in [0.29, 0.717) is 17.7 Å². The molecule has 0 bridgehead atoms. The van der Waals surface area contributed by atoms with E-state index in [1.165, 1.54) is 6.42 Å². The Balaban J connectivity index is 1.39. The molecule has 0 aliphatic carbocycles. The summed E-state index contributed by atoms with van der Waals surface area (Å²) in [6, 6.07) is 3.78. The van der Waals surface area contributed by atoms with Crippen molar-refractivity contribution in [3.63, 3.8) is 0 Å². The predicted molar refractivity (Wildman–Crippen MR) is 94.4 cm³/mol. The number of aromatic nitrogens is 4. The Hall–Kier alpha value is -2.44. The summed E-state index contributed by atoms with van der Waals surface area (Å²) >= 11 is 0. The second-order valence-corrected chi connectivity index (χ2v) is 7.48. The van der Waals surface area contributed by atoms with E-state index in [2.05, 4.69) is 38.7 Å². The van der Waals surface area contributed by atoms with Gasteiger partial charge in [0.2, 0.25) is 5.91 Å². The van der Waals surface area contributed by atoms with Crippen LogP contribution in [0.25, 0.3) is 5.82 Å². The minimum absolute atomic E-state index is 0.0839. The third-order valence-corrected chi connectivity index (χ3v) is 5.11. The zero-order valence-corrected chi connectivity index (χ0v) is 14.7. The van der Waals surface area contributed by atoms with Crippen LogP contribution in [-0.2, 0) is 4.79 Å². The highest BCUT2D eigenvalue weighted by Crippen LogP contribution is 2.28. The van der Waals surface area contributed by atoms with Crippen molar-refractivity contribution in [2.75, 3.05) is 31.1 Å². The maximum Gasteiger partial charge on any atom is 0.229 e. The summed E-state index contributed by atoms with van der Waals surface area (Å²) in [6.45, 7) is 7.73. The van der Waals surface area contributed by atoms with E-state index >= 15 is 0 Å². The molecule has 7 heteroatoms. The molecular weight excluding hydrogens is 316 g/mol. The molecule has 1 amide bonds. The lowest BCUT2D eigenvalue weighted by Crippen LogP contribution is -2.56. The van der Waals surface area contributed by atoms with E-state index in [9.17, 15) is 4.79 Å². The minimum atomic E-state index is 0.0839. The highest BCUT2D eigenvalue weighted by molar-refractivity contribution is 5.82. The van der Waals surface area contributed by atoms with Gasteiger partial charge in [0.05, 0.1) is 5.92 Å². The van der Waals surface area contributed by atoms with Gasteiger partial charge in [0.1, 0.15) is 12.1 Å². The quantitative estimate of drug-likeness (QED) is 0.849. The van der Waals surface area contributed by atoms with Crippen molar-refractivity contribution in [2.45, 2.75) is 20.3 Å². The molecule has 25 heavy (non-hydrogen) atoms. The van der Waals surface area contributed by atoms with E-state index in [1.807, 2.05) is 18.3 Å². The van der Waals surface area contributed by atoms with Crippen LogP contribution >= 0.6 is 0 Å². The van der Waals surface area contributed by atoms with Crippen molar-refractivity contribution in [3.8, 4) is 5.82 Å². The number of hydrogen-bond donors (Lipinski definition) is 0. The number of hydrogen-bond acceptors (Lipinski definition) is 5. The topological polar surface area (TPSA) is 67.2 Å². The molecule has 2 aromatic rings. The van der Waals surface area contributed by atoms with Crippen molar-refractivity contribution in [1.82, 2.24) is 24.6 Å². The minimum Gasteiger partial charge on any atom is -0.355 e. The number of amides is 1. The molecule has 132 valence electrons. The summed E-state index contributed by atoms with van der Waals surface area (Å²) in [7, 11) is 0. The first-order chi connectivity index (χ1) is 12.1. The number of nitrogens with zero attached hydrogens (tertiary/aromatic N) is 6. The molecule has 0 spiro atoms. The van der Waals surface area contributed by atoms with Gasteiger partial charge < -0.3 is 9.80 Å². The molecule has 2 aliphatic rings. The average Bonchev–Trinajstić information content (AvgIpc) is 3.07. The first-order valence-electron chi connectivity index (χ1n) is 8.96. The molecule has 0 aromatic carbocycles. The van der Waals surface area contributed by atoms with Crippen molar-refractivity contribution in [3.05, 3.63) is 30.9 Å². The van der Waals surface area contributed by atoms with E-state index in [1.54, 1.807) is 17.2 Å². The lowest BCUT2D eigenvalue weighted by molar-refractivity contribution is -0.139. The Morgan fingerprint density at radius 3 is 2.48 bits per heavy atom. The van der Waals surface area contributed by atoms with Gasteiger partial charge in [0.25, 0.3) is 0 Å². The normalized spacial score (nSPS) is 24.2. The van der Waals surface area contributed by atoms with Gasteiger partial charge in [-0.1, -0.05) is 13.8 Å². The molecule has 2 aliphatic heterocycles. The van der Waals surface area contributed by atoms with Crippen LogP contribution in [0, 0.1) is 17.8 Å². The van der Waals surface area contributed by atoms with Crippen LogP contribution in [-0.4, -0.2) is 56.7 Å². The van der Waals surface area contributed by atoms with Gasteiger partial charge in [-0.2, -0.15) is 5.10 Å². The number of likely N-dealkylation sites (tertiary alicyclic amines) is 1. The van der Waals surface area contributed by atoms with E-state index in [4.69, 9.17) is 0 Å². The van der Waals surface area contributed by atoms with Crippen LogP contribution in [0.1, 0.15) is 20.3 Å². The molecule has 2 atom stereocenters. The first kappa shape index (κ1) is 16.1. The second kappa shape index (κ2) is 6.46. The van der Waals surface area contributed by atoms with Crippen LogP contribution in [0.5, 0.6) is 0 Å². The molecule has 2 aromatic heterocycles. The zero-order valence-electron chi connectivity index (χ0n) is 14.7. The average molecular weight is 340 g/mol. The predicted octanol–water partition coefficient (Wildman–Crippen LogP) is 1.60. The number of rotatable bonds is 3. The molecule has 4 heterocycles. The van der Waals surface area contributed by atoms with Crippen molar-refractivity contribution < 1.29 is 4.79 Å². The van der Waals surface area contributed by atoms with Crippen LogP contribution in [0.15, 0.2) is 30.9 Å². The van der Waals surface area contributed by atoms with E-state index < -0.39 is 0 Å². The molecule has 0 radical (unpaired) electrons. The zero-order chi connectivity index (χ0) is 17.4. The van der Waals surface area contributed by atoms with Crippen LogP contribution < -0.4 is 4.90 Å². The molecule has 2 unspecified atom stereocenters. The largest absolute Gasteiger partial charge is 0.355 e. The van der Waals surface area contributed by atoms with Crippen LogP contribution in [0.4, 0.5) is 5.82 Å². The maximum atomic E-state index is 12.8. The molecule has 2 saturated heterocycles. The van der Waals surface area contributed by atoms with Gasteiger partial charge in [-0.3, -0.25) is 4.79 Å². The van der Waals surface area contributed by atoms with E-state index in [-0.39, 0.29) is 5.92 Å². The summed E-state index contributed by atoms with van der Waals surface area (Å²) in [6.07, 6.45) is 6.35. The van der Waals surface area contributed by atoms with Gasteiger partial charge >= 0.3 is 0 Å². The van der Waals surface area contributed by atoms with Crippen LogP contribution in [0.3, 0.4) is 0 Å². The highest BCUT2D eigenvalue weighted by atomic mass is 16.2. The number of anilines is 1. The summed E-state index contributed by atoms with van der Waals surface area (Å²) in [5.74, 6) is 3.18. The van der Waals surface area contributed by atoms with Gasteiger partial charge in [0.15, 0.2) is 5.82 Å². The van der Waals surface area contributed by atoms with Gasteiger partial charge in [-0.25, -0.2) is 14.6 Å². The number of carbonyl (C=O) groups excluding carboxylic acids is 1. The molecule has 2 fully saturated rings.